The van der Waals surface area contributed by atoms with Gasteiger partial charge >= 0.3 is 0 Å². The smallest absolute Gasteiger partial charge is 0.206 e. The third kappa shape index (κ3) is 4.84. The van der Waals surface area contributed by atoms with Crippen molar-refractivity contribution in [1.82, 2.24) is 0 Å². The van der Waals surface area contributed by atoms with Gasteiger partial charge in [-0.2, -0.15) is 0 Å². The van der Waals surface area contributed by atoms with Crippen molar-refractivity contribution in [2.75, 3.05) is 0 Å². The van der Waals surface area contributed by atoms with Gasteiger partial charge in [0.05, 0.1) is 5.56 Å². The van der Waals surface area contributed by atoms with E-state index in [0.29, 0.717) is 5.92 Å². The van der Waals surface area contributed by atoms with Crippen molar-refractivity contribution in [2.45, 2.75) is 89.9 Å². The summed E-state index contributed by atoms with van der Waals surface area (Å²) >= 11 is 0. The van der Waals surface area contributed by atoms with Gasteiger partial charge in [-0.25, -0.2) is 13.2 Å². The van der Waals surface area contributed by atoms with Crippen LogP contribution < -0.4 is 0 Å². The molecule has 0 heterocycles. The monoisotopic (exact) mass is 366 g/mol. The number of halogens is 3. The van der Waals surface area contributed by atoms with Crippen molar-refractivity contribution < 1.29 is 13.2 Å². The Hall–Kier alpha value is -0.990. The van der Waals surface area contributed by atoms with E-state index in [-0.39, 0.29) is 0 Å². The Morgan fingerprint density at radius 3 is 2.42 bits per heavy atom. The third-order valence-electron chi connectivity index (χ3n) is 6.97. The first-order valence-electron chi connectivity index (χ1n) is 10.7. The topological polar surface area (TPSA) is 0 Å². The Kier molecular flexibility index (Phi) is 7.05. The van der Waals surface area contributed by atoms with E-state index in [0.717, 1.165) is 36.2 Å². The van der Waals surface area contributed by atoms with Crippen molar-refractivity contribution >= 4 is 0 Å². The van der Waals surface area contributed by atoms with Crippen LogP contribution in [0, 0.1) is 23.6 Å². The molecule has 2 atom stereocenters. The highest BCUT2D eigenvalue weighted by atomic mass is 19.3. The maximum Gasteiger partial charge on any atom is 0.266 e. The number of benzene rings is 1. The molecule has 2 fully saturated rings. The minimum Gasteiger partial charge on any atom is -0.206 e. The van der Waals surface area contributed by atoms with E-state index < -0.39 is 17.8 Å². The third-order valence-corrected chi connectivity index (χ3v) is 6.97. The van der Waals surface area contributed by atoms with E-state index in [2.05, 4.69) is 6.92 Å². The van der Waals surface area contributed by atoms with Gasteiger partial charge in [0.1, 0.15) is 5.82 Å². The second kappa shape index (κ2) is 9.28. The summed E-state index contributed by atoms with van der Waals surface area (Å²) in [6, 6.07) is 4.40. The Balaban J connectivity index is 1.57. The van der Waals surface area contributed by atoms with Crippen LogP contribution in [-0.4, -0.2) is 0 Å². The predicted octanol–water partition coefficient (Wildman–Crippen LogP) is 8.03. The number of hydrogen-bond acceptors (Lipinski definition) is 0. The second-order valence-corrected chi connectivity index (χ2v) is 8.63. The zero-order chi connectivity index (χ0) is 18.5. The van der Waals surface area contributed by atoms with Gasteiger partial charge in [-0.05, 0) is 61.0 Å². The van der Waals surface area contributed by atoms with Gasteiger partial charge in [-0.15, -0.1) is 0 Å². The Bertz CT molecular complexity index is 561. The van der Waals surface area contributed by atoms with Gasteiger partial charge in [0, 0.05) is 0 Å². The van der Waals surface area contributed by atoms with Crippen LogP contribution in [0.5, 0.6) is 0 Å². The van der Waals surface area contributed by atoms with Crippen molar-refractivity contribution in [3.8, 4) is 0 Å². The Morgan fingerprint density at radius 2 is 1.77 bits per heavy atom. The normalized spacial score (nSPS) is 29.9. The summed E-state index contributed by atoms with van der Waals surface area (Å²) in [6.07, 6.45) is 11.4. The molecule has 1 unspecified atom stereocenters. The van der Waals surface area contributed by atoms with Gasteiger partial charge in [-0.1, -0.05) is 64.0 Å². The maximum absolute atomic E-state index is 14.0. The average Bonchev–Trinajstić information content (AvgIpc) is 2.66. The molecule has 3 heteroatoms. The summed E-state index contributed by atoms with van der Waals surface area (Å²) in [7, 11) is 0. The fraction of sp³-hybridized carbons (Fsp3) is 0.739. The minimum absolute atomic E-state index is 0.341. The van der Waals surface area contributed by atoms with Crippen molar-refractivity contribution in [2.24, 2.45) is 17.8 Å². The van der Waals surface area contributed by atoms with Crippen molar-refractivity contribution in [3.63, 3.8) is 0 Å². The lowest BCUT2D eigenvalue weighted by molar-refractivity contribution is 0.145. The van der Waals surface area contributed by atoms with Gasteiger partial charge in [0.2, 0.25) is 0 Å². The van der Waals surface area contributed by atoms with Crippen LogP contribution >= 0.6 is 0 Å². The number of hydrogen-bond donors (Lipinski definition) is 0. The summed E-state index contributed by atoms with van der Waals surface area (Å²) in [5, 5.41) is 0. The van der Waals surface area contributed by atoms with E-state index >= 15 is 0 Å². The molecule has 0 nitrogen and oxygen atoms in total. The predicted molar refractivity (Wildman–Crippen MR) is 101 cm³/mol. The molecule has 146 valence electrons. The highest BCUT2D eigenvalue weighted by molar-refractivity contribution is 5.28. The average molecular weight is 367 g/mol. The lowest BCUT2D eigenvalue weighted by Crippen LogP contribution is -2.26. The summed E-state index contributed by atoms with van der Waals surface area (Å²) in [5.41, 5.74) is 0.458. The van der Waals surface area contributed by atoms with Crippen LogP contribution in [0.2, 0.25) is 0 Å². The molecule has 0 saturated heterocycles. The zero-order valence-corrected chi connectivity index (χ0v) is 16.0. The van der Waals surface area contributed by atoms with Crippen molar-refractivity contribution in [3.05, 3.63) is 35.1 Å². The molecule has 2 saturated carbocycles. The first-order valence-corrected chi connectivity index (χ1v) is 10.7. The molecule has 2 aliphatic carbocycles. The zero-order valence-electron chi connectivity index (χ0n) is 16.0. The lowest BCUT2D eigenvalue weighted by Gasteiger charge is -2.38. The molecule has 3 rings (SSSR count). The Morgan fingerprint density at radius 1 is 1.00 bits per heavy atom. The molecule has 0 radical (unpaired) electrons. The highest BCUT2D eigenvalue weighted by Gasteiger charge is 2.32. The van der Waals surface area contributed by atoms with Crippen LogP contribution in [0.25, 0.3) is 0 Å². The van der Waals surface area contributed by atoms with E-state index in [1.807, 2.05) is 0 Å². The van der Waals surface area contributed by atoms with Crippen LogP contribution in [0.1, 0.15) is 101 Å². The van der Waals surface area contributed by atoms with Crippen LogP contribution in [-0.2, 0) is 0 Å². The Labute approximate surface area is 156 Å². The van der Waals surface area contributed by atoms with Crippen LogP contribution in [0.4, 0.5) is 13.2 Å². The minimum atomic E-state index is -2.73. The quantitative estimate of drug-likeness (QED) is 0.478. The molecule has 0 N–H and O–H groups in total. The fourth-order valence-corrected chi connectivity index (χ4v) is 5.37. The molecule has 1 aromatic carbocycles. The molecule has 0 bridgehead atoms. The molecular formula is C23H33F3. The van der Waals surface area contributed by atoms with Crippen molar-refractivity contribution in [1.29, 1.82) is 0 Å². The lowest BCUT2D eigenvalue weighted by atomic mass is 9.67. The van der Waals surface area contributed by atoms with Crippen LogP contribution in [0.3, 0.4) is 0 Å². The SMILES string of the molecule is CCCCC1CCC(C2CCC[C@H](c3ccc(C(F)F)c(F)c3)C2)CC1. The summed E-state index contributed by atoms with van der Waals surface area (Å²) < 4.78 is 39.5. The summed E-state index contributed by atoms with van der Waals surface area (Å²) in [5.74, 6) is 2.09. The number of alkyl halides is 2. The fourth-order valence-electron chi connectivity index (χ4n) is 5.37. The van der Waals surface area contributed by atoms with E-state index in [1.165, 1.54) is 69.9 Å². The van der Waals surface area contributed by atoms with Gasteiger partial charge in [0.25, 0.3) is 6.43 Å². The second-order valence-electron chi connectivity index (χ2n) is 8.63. The standard InChI is InChI=1S/C23H33F3/c1-2-3-5-16-8-10-17(11-9-16)18-6-4-7-19(14-18)20-12-13-21(23(25)26)22(24)15-20/h12-13,15-19,23H,2-11,14H2,1H3/t16?,17?,18?,19-/m0/s1. The molecule has 0 amide bonds. The number of unbranched alkanes of at least 4 members (excludes halogenated alkanes) is 1. The molecule has 0 spiro atoms. The molecule has 26 heavy (non-hydrogen) atoms. The van der Waals surface area contributed by atoms with Gasteiger partial charge in [0.15, 0.2) is 0 Å². The summed E-state index contributed by atoms with van der Waals surface area (Å²) in [6.45, 7) is 2.27. The summed E-state index contributed by atoms with van der Waals surface area (Å²) in [4.78, 5) is 0. The molecule has 2 aliphatic rings. The van der Waals surface area contributed by atoms with Gasteiger partial charge in [-0.3, -0.25) is 0 Å². The van der Waals surface area contributed by atoms with E-state index in [4.69, 9.17) is 0 Å². The largest absolute Gasteiger partial charge is 0.266 e. The molecule has 1 aromatic rings. The van der Waals surface area contributed by atoms with Crippen LogP contribution in [0.15, 0.2) is 18.2 Å². The molecule has 0 aromatic heterocycles. The maximum atomic E-state index is 14.0. The first-order chi connectivity index (χ1) is 12.6. The molecule has 0 aliphatic heterocycles. The first kappa shape index (κ1) is 19.8. The van der Waals surface area contributed by atoms with Gasteiger partial charge < -0.3 is 0 Å². The molecular weight excluding hydrogens is 333 g/mol. The highest BCUT2D eigenvalue weighted by Crippen LogP contribution is 2.45. The van der Waals surface area contributed by atoms with E-state index in [9.17, 15) is 13.2 Å². The number of rotatable bonds is 6. The van der Waals surface area contributed by atoms with E-state index in [1.54, 1.807) is 6.07 Å².